The Morgan fingerprint density at radius 1 is 1.22 bits per heavy atom. The lowest BCUT2D eigenvalue weighted by Gasteiger charge is -2.23. The van der Waals surface area contributed by atoms with Crippen molar-refractivity contribution in [3.05, 3.63) is 30.7 Å². The zero-order valence-corrected chi connectivity index (χ0v) is 18.0. The van der Waals surface area contributed by atoms with E-state index in [0.717, 1.165) is 54.0 Å². The molecule has 3 rings (SSSR count). The van der Waals surface area contributed by atoms with Gasteiger partial charge in [0.15, 0.2) is 0 Å². The quantitative estimate of drug-likeness (QED) is 0.647. The van der Waals surface area contributed by atoms with E-state index in [9.17, 15) is 14.4 Å². The average Bonchev–Trinajstić information content (AvgIpc) is 3.04. The van der Waals surface area contributed by atoms with Gasteiger partial charge in [-0.15, -0.1) is 11.3 Å². The van der Waals surface area contributed by atoms with Gasteiger partial charge in [-0.05, 0) is 35.2 Å². The van der Waals surface area contributed by atoms with E-state index in [1.165, 1.54) is 17.8 Å². The zero-order valence-electron chi connectivity index (χ0n) is 15.6. The van der Waals surface area contributed by atoms with Crippen LogP contribution in [0.2, 0.25) is 0 Å². The maximum Gasteiger partial charge on any atom is 0.332 e. The second-order valence-corrected chi connectivity index (χ2v) is 8.93. The number of thiophene rings is 1. The minimum atomic E-state index is -0.401. The summed E-state index contributed by atoms with van der Waals surface area (Å²) in [6, 6.07) is 0.161. The van der Waals surface area contributed by atoms with Crippen molar-refractivity contribution in [1.82, 2.24) is 14.5 Å². The largest absolute Gasteiger partial charge is 0.352 e. The molecule has 1 aliphatic carbocycles. The van der Waals surface area contributed by atoms with Crippen LogP contribution >= 0.6 is 27.3 Å². The fourth-order valence-corrected chi connectivity index (χ4v) is 5.42. The summed E-state index contributed by atoms with van der Waals surface area (Å²) in [6.07, 6.45) is 8.30. The first-order valence-corrected chi connectivity index (χ1v) is 11.4. The van der Waals surface area contributed by atoms with Crippen LogP contribution in [-0.4, -0.2) is 21.1 Å². The number of amides is 1. The van der Waals surface area contributed by atoms with Gasteiger partial charge in [0.1, 0.15) is 11.2 Å². The minimum absolute atomic E-state index is 0.161. The molecule has 0 atom stereocenters. The highest BCUT2D eigenvalue weighted by molar-refractivity contribution is 9.10. The number of hydrogen-bond acceptors (Lipinski definition) is 4. The first kappa shape index (κ1) is 20.3. The standard InChI is InChI=1S/C19H26BrN3O3S/c1-2-3-7-10-22-16-14(20)12-27-17(16)18(25)23(19(22)26)11-15(24)21-13-8-5-4-6-9-13/h12-13H,2-11H2,1H3,(H,21,24). The third kappa shape index (κ3) is 4.54. The van der Waals surface area contributed by atoms with Gasteiger partial charge < -0.3 is 5.32 Å². The second kappa shape index (κ2) is 9.19. The fraction of sp³-hybridized carbons (Fsp3) is 0.632. The predicted octanol–water partition coefficient (Wildman–Crippen LogP) is 3.63. The van der Waals surface area contributed by atoms with Gasteiger partial charge in [0.2, 0.25) is 5.91 Å². The van der Waals surface area contributed by atoms with Crippen molar-refractivity contribution in [2.45, 2.75) is 77.4 Å². The summed E-state index contributed by atoms with van der Waals surface area (Å²) >= 11 is 4.77. The third-order valence-electron chi connectivity index (χ3n) is 5.15. The van der Waals surface area contributed by atoms with Crippen LogP contribution in [0.1, 0.15) is 58.3 Å². The maximum atomic E-state index is 13.0. The average molecular weight is 456 g/mol. The lowest BCUT2D eigenvalue weighted by Crippen LogP contribution is -2.45. The van der Waals surface area contributed by atoms with E-state index in [1.54, 1.807) is 4.57 Å². The minimum Gasteiger partial charge on any atom is -0.352 e. The van der Waals surface area contributed by atoms with Gasteiger partial charge in [0.25, 0.3) is 5.56 Å². The van der Waals surface area contributed by atoms with Gasteiger partial charge in [-0.3, -0.25) is 14.2 Å². The van der Waals surface area contributed by atoms with E-state index in [4.69, 9.17) is 0 Å². The van der Waals surface area contributed by atoms with Gasteiger partial charge >= 0.3 is 5.69 Å². The Kier molecular flexibility index (Phi) is 6.92. The van der Waals surface area contributed by atoms with Gasteiger partial charge in [0.05, 0.1) is 9.99 Å². The number of carbonyl (C=O) groups is 1. The predicted molar refractivity (Wildman–Crippen MR) is 113 cm³/mol. The molecule has 2 aromatic heterocycles. The van der Waals surface area contributed by atoms with Crippen LogP contribution < -0.4 is 16.6 Å². The van der Waals surface area contributed by atoms with E-state index in [1.807, 2.05) is 5.38 Å². The molecule has 0 bridgehead atoms. The topological polar surface area (TPSA) is 73.1 Å². The molecule has 1 N–H and O–H groups in total. The summed E-state index contributed by atoms with van der Waals surface area (Å²) in [4.78, 5) is 38.3. The van der Waals surface area contributed by atoms with Gasteiger partial charge in [0, 0.05) is 18.0 Å². The molecule has 6 nitrogen and oxygen atoms in total. The number of hydrogen-bond donors (Lipinski definition) is 1. The molecule has 0 radical (unpaired) electrons. The van der Waals surface area contributed by atoms with E-state index in [0.29, 0.717) is 16.8 Å². The van der Waals surface area contributed by atoms with Gasteiger partial charge in [-0.25, -0.2) is 9.36 Å². The van der Waals surface area contributed by atoms with Crippen LogP contribution in [0.25, 0.3) is 10.2 Å². The van der Waals surface area contributed by atoms with Crippen LogP contribution in [0.3, 0.4) is 0 Å². The lowest BCUT2D eigenvalue weighted by molar-refractivity contribution is -0.122. The Bertz CT molecular complexity index is 925. The molecular formula is C19H26BrN3O3S. The smallest absolute Gasteiger partial charge is 0.332 e. The maximum absolute atomic E-state index is 13.0. The van der Waals surface area contributed by atoms with Crippen LogP contribution in [0.5, 0.6) is 0 Å². The third-order valence-corrected chi connectivity index (χ3v) is 7.01. The number of fused-ring (bicyclic) bond motifs is 1. The molecule has 0 unspecified atom stereocenters. The number of nitrogens with one attached hydrogen (secondary N) is 1. The highest BCUT2D eigenvalue weighted by Gasteiger charge is 2.20. The molecule has 27 heavy (non-hydrogen) atoms. The number of carbonyl (C=O) groups excluding carboxylic acids is 1. The monoisotopic (exact) mass is 455 g/mol. The van der Waals surface area contributed by atoms with Crippen molar-refractivity contribution >= 4 is 43.4 Å². The normalized spacial score (nSPS) is 15.3. The number of nitrogens with zero attached hydrogens (tertiary/aromatic N) is 2. The van der Waals surface area contributed by atoms with Crippen LogP contribution in [0.4, 0.5) is 0 Å². The molecule has 1 fully saturated rings. The summed E-state index contributed by atoms with van der Waals surface area (Å²) < 4.78 is 4.01. The Morgan fingerprint density at radius 3 is 2.67 bits per heavy atom. The van der Waals surface area contributed by atoms with Crippen molar-refractivity contribution in [2.75, 3.05) is 0 Å². The number of aromatic nitrogens is 2. The molecule has 1 saturated carbocycles. The Morgan fingerprint density at radius 2 is 1.96 bits per heavy atom. The van der Waals surface area contributed by atoms with Crippen molar-refractivity contribution in [3.63, 3.8) is 0 Å². The summed E-state index contributed by atoms with van der Waals surface area (Å²) in [6.45, 7) is 2.44. The van der Waals surface area contributed by atoms with Crippen LogP contribution in [-0.2, 0) is 17.9 Å². The molecule has 0 aliphatic heterocycles. The number of rotatable bonds is 7. The highest BCUT2D eigenvalue weighted by atomic mass is 79.9. The SMILES string of the molecule is CCCCCn1c(=O)n(CC(=O)NC2CCCCC2)c(=O)c2scc(Br)c21. The Hall–Kier alpha value is -1.41. The van der Waals surface area contributed by atoms with E-state index >= 15 is 0 Å². The first-order chi connectivity index (χ1) is 13.0. The fourth-order valence-electron chi connectivity index (χ4n) is 3.72. The summed E-state index contributed by atoms with van der Waals surface area (Å²) in [5.41, 5.74) is -0.132. The lowest BCUT2D eigenvalue weighted by atomic mass is 9.95. The zero-order chi connectivity index (χ0) is 19.4. The van der Waals surface area contributed by atoms with Gasteiger partial charge in [-0.2, -0.15) is 0 Å². The van der Waals surface area contributed by atoms with Crippen molar-refractivity contribution in [2.24, 2.45) is 0 Å². The molecule has 1 aliphatic rings. The summed E-state index contributed by atoms with van der Waals surface area (Å²) in [5.74, 6) is -0.254. The first-order valence-electron chi connectivity index (χ1n) is 9.72. The Balaban J connectivity index is 1.91. The molecule has 2 heterocycles. The summed E-state index contributed by atoms with van der Waals surface area (Å²) in [5, 5.41) is 4.82. The molecule has 148 valence electrons. The van der Waals surface area contributed by atoms with Crippen LogP contribution in [0, 0.1) is 0 Å². The Labute approximate surface area is 170 Å². The van der Waals surface area contributed by atoms with Gasteiger partial charge in [-0.1, -0.05) is 39.0 Å². The van der Waals surface area contributed by atoms with Crippen molar-refractivity contribution < 1.29 is 4.79 Å². The molecular weight excluding hydrogens is 430 g/mol. The number of aryl methyl sites for hydroxylation is 1. The number of unbranched alkanes of at least 4 members (excludes halogenated alkanes) is 2. The second-order valence-electron chi connectivity index (χ2n) is 7.20. The van der Waals surface area contributed by atoms with Crippen molar-refractivity contribution in [1.29, 1.82) is 0 Å². The van der Waals surface area contributed by atoms with E-state index in [-0.39, 0.29) is 24.1 Å². The van der Waals surface area contributed by atoms with E-state index in [2.05, 4.69) is 28.2 Å². The molecule has 8 heteroatoms. The molecule has 1 amide bonds. The summed E-state index contributed by atoms with van der Waals surface area (Å²) in [7, 11) is 0. The highest BCUT2D eigenvalue weighted by Crippen LogP contribution is 2.27. The van der Waals surface area contributed by atoms with Crippen LogP contribution in [0.15, 0.2) is 19.4 Å². The molecule has 0 aromatic carbocycles. The van der Waals surface area contributed by atoms with E-state index < -0.39 is 5.69 Å². The number of halogens is 1. The van der Waals surface area contributed by atoms with Crippen molar-refractivity contribution in [3.8, 4) is 0 Å². The molecule has 2 aromatic rings. The molecule has 0 saturated heterocycles. The molecule has 0 spiro atoms.